The maximum absolute atomic E-state index is 13.0. The summed E-state index contributed by atoms with van der Waals surface area (Å²) >= 11 is 1.37. The summed E-state index contributed by atoms with van der Waals surface area (Å²) in [5.74, 6) is 1.05. The van der Waals surface area contributed by atoms with E-state index in [2.05, 4.69) is 31.7 Å². The van der Waals surface area contributed by atoms with E-state index in [0.717, 1.165) is 71.0 Å². The van der Waals surface area contributed by atoms with Crippen LogP contribution in [0.25, 0.3) is 21.6 Å². The molecule has 0 spiro atoms. The number of aromatic amines is 1. The Morgan fingerprint density at radius 3 is 2.87 bits per heavy atom. The van der Waals surface area contributed by atoms with Gasteiger partial charge in [-0.3, -0.25) is 9.89 Å². The normalized spacial score (nSPS) is 20.3. The van der Waals surface area contributed by atoms with Crippen molar-refractivity contribution in [2.45, 2.75) is 52.0 Å². The molecule has 0 unspecified atom stereocenters. The van der Waals surface area contributed by atoms with E-state index in [4.69, 9.17) is 9.72 Å². The molecule has 0 bridgehead atoms. The third kappa shape index (κ3) is 4.04. The average molecular weight is 441 g/mol. The van der Waals surface area contributed by atoms with Gasteiger partial charge in [0.15, 0.2) is 0 Å². The number of carbonyl (C=O) groups is 1. The monoisotopic (exact) mass is 440 g/mol. The zero-order valence-corrected chi connectivity index (χ0v) is 18.8. The fourth-order valence-electron chi connectivity index (χ4n) is 4.53. The molecule has 164 valence electrons. The van der Waals surface area contributed by atoms with Crippen molar-refractivity contribution < 1.29 is 9.53 Å². The molecule has 1 saturated heterocycles. The van der Waals surface area contributed by atoms with Gasteiger partial charge in [0, 0.05) is 18.5 Å². The van der Waals surface area contributed by atoms with Crippen molar-refractivity contribution in [3.63, 3.8) is 0 Å². The Labute approximate surface area is 185 Å². The molecule has 1 aliphatic carbocycles. The van der Waals surface area contributed by atoms with Crippen molar-refractivity contribution in [3.8, 4) is 11.4 Å². The lowest BCUT2D eigenvalue weighted by molar-refractivity contribution is -0.120. The number of aryl methyl sites for hydroxylation is 1. The highest BCUT2D eigenvalue weighted by molar-refractivity contribution is 7.14. The molecule has 3 aromatic heterocycles. The van der Waals surface area contributed by atoms with Gasteiger partial charge < -0.3 is 15.0 Å². The van der Waals surface area contributed by atoms with Crippen LogP contribution in [0.3, 0.4) is 0 Å². The molecule has 2 aliphatic rings. The Kier molecular flexibility index (Phi) is 5.62. The predicted octanol–water partition coefficient (Wildman–Crippen LogP) is 4.13. The molecule has 2 fully saturated rings. The number of nitrogens with zero attached hydrogens (tertiary/aromatic N) is 4. The number of hydrogen-bond donors (Lipinski definition) is 2. The quantitative estimate of drug-likeness (QED) is 0.633. The second-order valence-corrected chi connectivity index (χ2v) is 9.37. The van der Waals surface area contributed by atoms with Gasteiger partial charge in [-0.25, -0.2) is 4.98 Å². The molecule has 0 radical (unpaired) electrons. The van der Waals surface area contributed by atoms with E-state index in [9.17, 15) is 4.79 Å². The van der Waals surface area contributed by atoms with Crippen LogP contribution in [0.2, 0.25) is 0 Å². The van der Waals surface area contributed by atoms with Crippen LogP contribution in [-0.4, -0.2) is 51.3 Å². The Hall–Kier alpha value is -2.52. The molecule has 1 amide bonds. The number of anilines is 2. The Morgan fingerprint density at radius 1 is 1.29 bits per heavy atom. The maximum atomic E-state index is 13.0. The highest BCUT2D eigenvalue weighted by Crippen LogP contribution is 2.37. The van der Waals surface area contributed by atoms with Crippen LogP contribution < -0.4 is 10.2 Å². The molecule has 1 saturated carbocycles. The minimum Gasteiger partial charge on any atom is -0.377 e. The summed E-state index contributed by atoms with van der Waals surface area (Å²) in [7, 11) is 0. The van der Waals surface area contributed by atoms with Crippen molar-refractivity contribution >= 4 is 39.2 Å². The molecule has 31 heavy (non-hydrogen) atoms. The van der Waals surface area contributed by atoms with Crippen LogP contribution in [0.5, 0.6) is 0 Å². The lowest BCUT2D eigenvalue weighted by Crippen LogP contribution is -2.44. The molecule has 8 nitrogen and oxygen atoms in total. The van der Waals surface area contributed by atoms with Crippen LogP contribution in [0, 0.1) is 12.8 Å². The molecule has 5 rings (SSSR count). The van der Waals surface area contributed by atoms with Crippen LogP contribution in [0.15, 0.2) is 12.1 Å². The van der Waals surface area contributed by atoms with E-state index in [1.165, 1.54) is 18.0 Å². The van der Waals surface area contributed by atoms with Crippen LogP contribution >= 0.6 is 11.5 Å². The van der Waals surface area contributed by atoms with Gasteiger partial charge >= 0.3 is 0 Å². The summed E-state index contributed by atoms with van der Waals surface area (Å²) in [5, 5.41) is 10.5. The van der Waals surface area contributed by atoms with Gasteiger partial charge in [-0.1, -0.05) is 19.3 Å². The molecule has 1 aliphatic heterocycles. The molecule has 9 heteroatoms. The van der Waals surface area contributed by atoms with E-state index in [0.29, 0.717) is 13.2 Å². The van der Waals surface area contributed by atoms with Gasteiger partial charge in [0.2, 0.25) is 5.91 Å². The minimum absolute atomic E-state index is 0.0883. The number of carbonyl (C=O) groups excluding carboxylic acids is 1. The minimum atomic E-state index is 0.0883. The fourth-order valence-corrected chi connectivity index (χ4v) is 5.34. The lowest BCUT2D eigenvalue weighted by atomic mass is 9.88. The molecule has 3 aromatic rings. The molecule has 0 aromatic carbocycles. The summed E-state index contributed by atoms with van der Waals surface area (Å²) in [6.07, 6.45) is 5.42. The van der Waals surface area contributed by atoms with Crippen LogP contribution in [0.1, 0.15) is 44.7 Å². The SMILES string of the molecule is Cc1cc(-c2nsc3c(NC(=O)C4CCCCC4)cc(N4CCOC[C@H]4C)nc23)[nH]n1. The third-order valence-electron chi connectivity index (χ3n) is 6.27. The Bertz CT molecular complexity index is 1090. The number of pyridine rings is 1. The van der Waals surface area contributed by atoms with Crippen molar-refractivity contribution in [3.05, 3.63) is 17.8 Å². The number of hydrogen-bond acceptors (Lipinski definition) is 7. The van der Waals surface area contributed by atoms with Crippen molar-refractivity contribution in [2.75, 3.05) is 30.0 Å². The summed E-state index contributed by atoms with van der Waals surface area (Å²) in [5.41, 5.74) is 4.11. The van der Waals surface area contributed by atoms with E-state index in [1.807, 2.05) is 19.1 Å². The van der Waals surface area contributed by atoms with E-state index in [1.54, 1.807) is 0 Å². The first-order valence-electron chi connectivity index (χ1n) is 11.1. The first kappa shape index (κ1) is 20.4. The number of ether oxygens (including phenoxy) is 1. The number of fused-ring (bicyclic) bond motifs is 1. The number of H-pyrrole nitrogens is 1. The summed E-state index contributed by atoms with van der Waals surface area (Å²) in [4.78, 5) is 20.3. The number of morpholine rings is 1. The molecular formula is C22H28N6O2S. The zero-order valence-electron chi connectivity index (χ0n) is 18.0. The second-order valence-electron chi connectivity index (χ2n) is 8.60. The van der Waals surface area contributed by atoms with Gasteiger partial charge in [-0.2, -0.15) is 9.47 Å². The highest BCUT2D eigenvalue weighted by atomic mass is 32.1. The van der Waals surface area contributed by atoms with E-state index < -0.39 is 0 Å². The summed E-state index contributed by atoms with van der Waals surface area (Å²) < 4.78 is 11.2. The number of amides is 1. The zero-order chi connectivity index (χ0) is 21.4. The molecule has 2 N–H and O–H groups in total. The Morgan fingerprint density at radius 2 is 2.13 bits per heavy atom. The smallest absolute Gasteiger partial charge is 0.227 e. The second kappa shape index (κ2) is 8.55. The van der Waals surface area contributed by atoms with Crippen LogP contribution in [0.4, 0.5) is 11.5 Å². The highest BCUT2D eigenvalue weighted by Gasteiger charge is 2.26. The standard InChI is InChI=1S/C22H28N6O2S/c1-13-10-16(26-25-13)19-20-21(31-27-19)17(23-22(29)15-6-4-3-5-7-15)11-18(24-20)28-8-9-30-12-14(28)2/h10-11,14-15H,3-9,12H2,1-2H3,(H,25,26)(H,23,24,29)/t14-/m1/s1. The van der Waals surface area contributed by atoms with E-state index in [-0.39, 0.29) is 17.9 Å². The largest absolute Gasteiger partial charge is 0.377 e. The fraction of sp³-hybridized carbons (Fsp3) is 0.545. The lowest BCUT2D eigenvalue weighted by Gasteiger charge is -2.34. The predicted molar refractivity (Wildman–Crippen MR) is 123 cm³/mol. The molecule has 4 heterocycles. The average Bonchev–Trinajstić information content (AvgIpc) is 3.40. The number of aromatic nitrogens is 4. The number of rotatable bonds is 4. The first-order valence-corrected chi connectivity index (χ1v) is 11.9. The van der Waals surface area contributed by atoms with Gasteiger partial charge in [0.1, 0.15) is 17.0 Å². The maximum Gasteiger partial charge on any atom is 0.227 e. The molecular weight excluding hydrogens is 412 g/mol. The van der Waals surface area contributed by atoms with Gasteiger partial charge in [0.25, 0.3) is 0 Å². The van der Waals surface area contributed by atoms with Gasteiger partial charge in [-0.05, 0) is 44.3 Å². The summed E-state index contributed by atoms with van der Waals surface area (Å²) in [6, 6.07) is 4.19. The first-order chi connectivity index (χ1) is 15.1. The van der Waals surface area contributed by atoms with E-state index >= 15 is 0 Å². The molecule has 1 atom stereocenters. The van der Waals surface area contributed by atoms with Crippen molar-refractivity contribution in [1.29, 1.82) is 0 Å². The van der Waals surface area contributed by atoms with Crippen LogP contribution in [-0.2, 0) is 9.53 Å². The third-order valence-corrected chi connectivity index (χ3v) is 7.14. The van der Waals surface area contributed by atoms with Gasteiger partial charge in [-0.15, -0.1) is 0 Å². The Balaban J connectivity index is 1.57. The summed E-state index contributed by atoms with van der Waals surface area (Å²) in [6.45, 7) is 6.18. The van der Waals surface area contributed by atoms with Crippen molar-refractivity contribution in [1.82, 2.24) is 19.6 Å². The van der Waals surface area contributed by atoms with Gasteiger partial charge in [0.05, 0.1) is 41.0 Å². The number of nitrogens with one attached hydrogen (secondary N) is 2. The van der Waals surface area contributed by atoms with Crippen molar-refractivity contribution in [2.24, 2.45) is 5.92 Å². The topological polar surface area (TPSA) is 96.0 Å².